The van der Waals surface area contributed by atoms with Crippen LogP contribution in [-0.2, 0) is 0 Å². The lowest BCUT2D eigenvalue weighted by Gasteiger charge is -2.13. The summed E-state index contributed by atoms with van der Waals surface area (Å²) in [5.41, 5.74) is 2.15. The molecule has 0 aliphatic heterocycles. The highest BCUT2D eigenvalue weighted by atomic mass is 14.5. The highest BCUT2D eigenvalue weighted by Gasteiger charge is 2.44. The Hall–Kier alpha value is -0.260. The van der Waals surface area contributed by atoms with E-state index in [-0.39, 0.29) is 0 Å². The fraction of sp³-hybridized carbons (Fsp3) is 0.846. The highest BCUT2D eigenvalue weighted by Crippen LogP contribution is 2.53. The zero-order valence-electron chi connectivity index (χ0n) is 9.85. The topological polar surface area (TPSA) is 0 Å². The first-order valence-corrected chi connectivity index (χ1v) is 5.69. The molecule has 1 fully saturated rings. The molecule has 1 aliphatic rings. The molecule has 0 bridgehead atoms. The van der Waals surface area contributed by atoms with E-state index in [2.05, 4.69) is 40.7 Å². The summed E-state index contributed by atoms with van der Waals surface area (Å²) in [6, 6.07) is 0. The quantitative estimate of drug-likeness (QED) is 0.562. The van der Waals surface area contributed by atoms with Crippen molar-refractivity contribution in [3.05, 3.63) is 11.6 Å². The van der Waals surface area contributed by atoms with Crippen molar-refractivity contribution in [1.82, 2.24) is 0 Å². The van der Waals surface area contributed by atoms with Gasteiger partial charge < -0.3 is 0 Å². The Bertz CT molecular complexity index is 202. The van der Waals surface area contributed by atoms with Crippen LogP contribution in [0.1, 0.15) is 53.9 Å². The summed E-state index contributed by atoms with van der Waals surface area (Å²) in [5.74, 6) is 1.70. The van der Waals surface area contributed by atoms with Crippen LogP contribution < -0.4 is 0 Å². The van der Waals surface area contributed by atoms with E-state index in [9.17, 15) is 0 Å². The van der Waals surface area contributed by atoms with E-state index < -0.39 is 0 Å². The molecular weight excluding hydrogens is 156 g/mol. The summed E-state index contributed by atoms with van der Waals surface area (Å²) in [4.78, 5) is 0. The molecule has 0 radical (unpaired) electrons. The van der Waals surface area contributed by atoms with E-state index in [1.54, 1.807) is 5.57 Å². The molecule has 0 heteroatoms. The average molecular weight is 180 g/mol. The van der Waals surface area contributed by atoms with E-state index in [4.69, 9.17) is 0 Å². The van der Waals surface area contributed by atoms with Crippen molar-refractivity contribution in [1.29, 1.82) is 0 Å². The molecule has 76 valence electrons. The molecule has 0 aromatic heterocycles. The van der Waals surface area contributed by atoms with Crippen LogP contribution in [0.15, 0.2) is 11.6 Å². The number of rotatable bonds is 4. The smallest absolute Gasteiger partial charge is 0.0115 e. The Morgan fingerprint density at radius 3 is 2.54 bits per heavy atom. The number of hydrogen-bond acceptors (Lipinski definition) is 0. The molecular formula is C13H24. The highest BCUT2D eigenvalue weighted by molar-refractivity contribution is 5.17. The Morgan fingerprint density at radius 2 is 2.15 bits per heavy atom. The molecule has 1 rings (SSSR count). The first-order chi connectivity index (χ1) is 5.99. The molecule has 1 saturated carbocycles. The Morgan fingerprint density at radius 1 is 1.62 bits per heavy atom. The van der Waals surface area contributed by atoms with Crippen molar-refractivity contribution in [2.75, 3.05) is 0 Å². The third-order valence-corrected chi connectivity index (χ3v) is 3.77. The lowest BCUT2D eigenvalue weighted by Crippen LogP contribution is -2.00. The second-order valence-electron chi connectivity index (χ2n) is 5.19. The van der Waals surface area contributed by atoms with Gasteiger partial charge in [0, 0.05) is 0 Å². The van der Waals surface area contributed by atoms with Crippen LogP contribution in [0.25, 0.3) is 0 Å². The standard InChI is InChI=1S/C13H24/c1-6-7-10(2)11(3)8-13(5)9-12(13)4/h8,10,12H,6-7,9H2,1-5H3. The van der Waals surface area contributed by atoms with Gasteiger partial charge in [-0.1, -0.05) is 45.8 Å². The van der Waals surface area contributed by atoms with Crippen LogP contribution in [0.3, 0.4) is 0 Å². The van der Waals surface area contributed by atoms with Gasteiger partial charge in [-0.25, -0.2) is 0 Å². The maximum absolute atomic E-state index is 2.53. The van der Waals surface area contributed by atoms with Gasteiger partial charge in [-0.2, -0.15) is 0 Å². The molecule has 0 amide bonds. The van der Waals surface area contributed by atoms with Gasteiger partial charge in [-0.05, 0) is 37.0 Å². The Labute approximate surface area is 83.4 Å². The van der Waals surface area contributed by atoms with E-state index in [1.165, 1.54) is 19.3 Å². The zero-order valence-corrected chi connectivity index (χ0v) is 9.85. The van der Waals surface area contributed by atoms with Crippen molar-refractivity contribution < 1.29 is 0 Å². The van der Waals surface area contributed by atoms with Gasteiger partial charge in [0.2, 0.25) is 0 Å². The summed E-state index contributed by atoms with van der Waals surface area (Å²) in [6.45, 7) is 11.7. The van der Waals surface area contributed by atoms with Crippen molar-refractivity contribution in [3.8, 4) is 0 Å². The van der Waals surface area contributed by atoms with Crippen LogP contribution >= 0.6 is 0 Å². The molecule has 0 aromatic rings. The molecule has 0 N–H and O–H groups in total. The van der Waals surface area contributed by atoms with Gasteiger partial charge in [-0.15, -0.1) is 0 Å². The second kappa shape index (κ2) is 3.86. The van der Waals surface area contributed by atoms with Crippen LogP contribution in [0.2, 0.25) is 0 Å². The van der Waals surface area contributed by atoms with Gasteiger partial charge in [0.15, 0.2) is 0 Å². The molecule has 13 heavy (non-hydrogen) atoms. The largest absolute Gasteiger partial charge is 0.0791 e. The normalized spacial score (nSPS) is 36.1. The first-order valence-electron chi connectivity index (χ1n) is 5.69. The SMILES string of the molecule is CCCC(C)C(C)=CC1(C)CC1C. The van der Waals surface area contributed by atoms with Crippen LogP contribution in [0.4, 0.5) is 0 Å². The lowest BCUT2D eigenvalue weighted by molar-refractivity contribution is 0.578. The third-order valence-electron chi connectivity index (χ3n) is 3.77. The minimum atomic E-state index is 0.548. The van der Waals surface area contributed by atoms with Gasteiger partial charge >= 0.3 is 0 Å². The summed E-state index contributed by atoms with van der Waals surface area (Å²) >= 11 is 0. The van der Waals surface area contributed by atoms with Crippen LogP contribution in [0.5, 0.6) is 0 Å². The van der Waals surface area contributed by atoms with Gasteiger partial charge in [0.1, 0.15) is 0 Å². The molecule has 3 atom stereocenters. The van der Waals surface area contributed by atoms with E-state index in [0.717, 1.165) is 11.8 Å². The van der Waals surface area contributed by atoms with E-state index in [0.29, 0.717) is 5.41 Å². The summed E-state index contributed by atoms with van der Waals surface area (Å²) in [6.07, 6.45) is 6.56. The number of hydrogen-bond donors (Lipinski definition) is 0. The molecule has 0 aromatic carbocycles. The predicted molar refractivity (Wildman–Crippen MR) is 59.7 cm³/mol. The van der Waals surface area contributed by atoms with Gasteiger partial charge in [-0.3, -0.25) is 0 Å². The maximum Gasteiger partial charge on any atom is -0.0115 e. The third kappa shape index (κ3) is 2.59. The van der Waals surface area contributed by atoms with Gasteiger partial charge in [0.05, 0.1) is 0 Å². The lowest BCUT2D eigenvalue weighted by atomic mass is 9.93. The molecule has 0 heterocycles. The van der Waals surface area contributed by atoms with E-state index in [1.807, 2.05) is 0 Å². The molecule has 0 spiro atoms. The Kier molecular flexibility index (Phi) is 3.21. The van der Waals surface area contributed by atoms with Crippen LogP contribution in [0, 0.1) is 17.3 Å². The molecule has 1 aliphatic carbocycles. The Balaban J connectivity index is 2.51. The monoisotopic (exact) mass is 180 g/mol. The minimum absolute atomic E-state index is 0.548. The summed E-state index contributed by atoms with van der Waals surface area (Å²) in [5, 5.41) is 0. The zero-order chi connectivity index (χ0) is 10.1. The molecule has 0 nitrogen and oxygen atoms in total. The first kappa shape index (κ1) is 10.8. The van der Waals surface area contributed by atoms with Gasteiger partial charge in [0.25, 0.3) is 0 Å². The van der Waals surface area contributed by atoms with E-state index >= 15 is 0 Å². The second-order valence-corrected chi connectivity index (χ2v) is 5.19. The van der Waals surface area contributed by atoms with Crippen molar-refractivity contribution in [2.45, 2.75) is 53.9 Å². The number of allylic oxidation sites excluding steroid dienone is 2. The van der Waals surface area contributed by atoms with Crippen molar-refractivity contribution in [2.24, 2.45) is 17.3 Å². The fourth-order valence-corrected chi connectivity index (χ4v) is 2.13. The van der Waals surface area contributed by atoms with Crippen LogP contribution in [-0.4, -0.2) is 0 Å². The fourth-order valence-electron chi connectivity index (χ4n) is 2.13. The summed E-state index contributed by atoms with van der Waals surface area (Å²) in [7, 11) is 0. The molecule has 3 unspecified atom stereocenters. The van der Waals surface area contributed by atoms with Crippen molar-refractivity contribution in [3.63, 3.8) is 0 Å². The maximum atomic E-state index is 2.53. The summed E-state index contributed by atoms with van der Waals surface area (Å²) < 4.78 is 0. The van der Waals surface area contributed by atoms with Crippen molar-refractivity contribution >= 4 is 0 Å². The minimum Gasteiger partial charge on any atom is -0.0791 e. The molecule has 0 saturated heterocycles. The predicted octanol–water partition coefficient (Wildman–Crippen LogP) is 4.42. The average Bonchev–Trinajstić information content (AvgIpc) is 2.59.